The van der Waals surface area contributed by atoms with Gasteiger partial charge in [0, 0.05) is 12.3 Å². The molecule has 2 aliphatic rings. The normalized spacial score (nSPS) is 44.9. The second kappa shape index (κ2) is 2.12. The summed E-state index contributed by atoms with van der Waals surface area (Å²) in [5.74, 6) is 0.902. The van der Waals surface area contributed by atoms with Gasteiger partial charge in [-0.25, -0.2) is 0 Å². The molecule has 2 aliphatic carbocycles. The van der Waals surface area contributed by atoms with Crippen molar-refractivity contribution in [2.75, 3.05) is 0 Å². The molecular formula is C11H18O. The van der Waals surface area contributed by atoms with Crippen molar-refractivity contribution < 1.29 is 4.79 Å². The summed E-state index contributed by atoms with van der Waals surface area (Å²) < 4.78 is 0. The van der Waals surface area contributed by atoms with Crippen LogP contribution in [0.1, 0.15) is 46.5 Å². The van der Waals surface area contributed by atoms with E-state index < -0.39 is 0 Å². The van der Waals surface area contributed by atoms with Crippen molar-refractivity contribution in [2.24, 2.45) is 16.7 Å². The lowest BCUT2D eigenvalue weighted by molar-refractivity contribution is -0.161. The monoisotopic (exact) mass is 166 g/mol. The average molecular weight is 166 g/mol. The number of hydrogen-bond donors (Lipinski definition) is 0. The molecule has 0 bridgehead atoms. The second-order valence-corrected chi connectivity index (χ2v) is 5.57. The number of hydrogen-bond acceptors (Lipinski definition) is 1. The summed E-state index contributed by atoms with van der Waals surface area (Å²) >= 11 is 0. The molecule has 2 atom stereocenters. The first-order valence-electron chi connectivity index (χ1n) is 4.98. The SMILES string of the molecule is CC1(C)CC2(C)CCCC(=O)C12. The van der Waals surface area contributed by atoms with E-state index >= 15 is 0 Å². The van der Waals surface area contributed by atoms with Crippen molar-refractivity contribution in [3.05, 3.63) is 0 Å². The molecule has 0 amide bonds. The number of Topliss-reactive ketones (excluding diaryl/α,β-unsaturated/α-hetero) is 1. The van der Waals surface area contributed by atoms with Crippen LogP contribution in [-0.4, -0.2) is 5.78 Å². The Labute approximate surface area is 74.5 Å². The average Bonchev–Trinajstić information content (AvgIpc) is 1.81. The Morgan fingerprint density at radius 2 is 2.00 bits per heavy atom. The van der Waals surface area contributed by atoms with E-state index in [1.165, 1.54) is 12.8 Å². The third-order valence-corrected chi connectivity index (χ3v) is 3.83. The van der Waals surface area contributed by atoms with Gasteiger partial charge in [-0.05, 0) is 30.1 Å². The molecule has 2 fully saturated rings. The molecule has 0 aromatic rings. The largest absolute Gasteiger partial charge is 0.299 e. The highest BCUT2D eigenvalue weighted by molar-refractivity contribution is 5.84. The van der Waals surface area contributed by atoms with E-state index in [4.69, 9.17) is 0 Å². The van der Waals surface area contributed by atoms with Gasteiger partial charge in [-0.2, -0.15) is 0 Å². The van der Waals surface area contributed by atoms with Crippen molar-refractivity contribution in [3.63, 3.8) is 0 Å². The fourth-order valence-corrected chi connectivity index (χ4v) is 3.93. The molecule has 0 radical (unpaired) electrons. The first-order valence-corrected chi connectivity index (χ1v) is 4.98. The maximum Gasteiger partial charge on any atom is 0.137 e. The summed E-state index contributed by atoms with van der Waals surface area (Å²) in [5, 5.41) is 0. The molecule has 12 heavy (non-hydrogen) atoms. The third kappa shape index (κ3) is 0.884. The van der Waals surface area contributed by atoms with E-state index in [0.717, 1.165) is 12.8 Å². The van der Waals surface area contributed by atoms with E-state index in [1.807, 2.05) is 0 Å². The zero-order valence-corrected chi connectivity index (χ0v) is 8.31. The summed E-state index contributed by atoms with van der Waals surface area (Å²) in [6, 6.07) is 0. The van der Waals surface area contributed by atoms with Crippen LogP contribution in [0.25, 0.3) is 0 Å². The molecule has 0 aromatic carbocycles. The minimum atomic E-state index is 0.298. The van der Waals surface area contributed by atoms with Crippen LogP contribution in [0.15, 0.2) is 0 Å². The van der Waals surface area contributed by atoms with Gasteiger partial charge in [0.25, 0.3) is 0 Å². The molecule has 68 valence electrons. The minimum absolute atomic E-state index is 0.298. The highest BCUT2D eigenvalue weighted by Crippen LogP contribution is 2.63. The predicted octanol–water partition coefficient (Wildman–Crippen LogP) is 2.79. The molecule has 2 rings (SSSR count). The van der Waals surface area contributed by atoms with Crippen molar-refractivity contribution in [3.8, 4) is 0 Å². The Morgan fingerprint density at radius 3 is 2.42 bits per heavy atom. The van der Waals surface area contributed by atoms with Crippen LogP contribution in [0, 0.1) is 16.7 Å². The summed E-state index contributed by atoms with van der Waals surface area (Å²) in [4.78, 5) is 11.7. The number of rotatable bonds is 0. The highest BCUT2D eigenvalue weighted by Gasteiger charge is 2.59. The van der Waals surface area contributed by atoms with Crippen LogP contribution in [0.4, 0.5) is 0 Å². The fourth-order valence-electron chi connectivity index (χ4n) is 3.93. The van der Waals surface area contributed by atoms with Gasteiger partial charge in [-0.1, -0.05) is 20.8 Å². The molecule has 0 N–H and O–H groups in total. The quantitative estimate of drug-likeness (QED) is 0.541. The lowest BCUT2D eigenvalue weighted by atomic mass is 9.43. The second-order valence-electron chi connectivity index (χ2n) is 5.57. The standard InChI is InChI=1S/C11H18O/c1-10(2)7-11(3)6-4-5-8(12)9(10)11/h9H,4-7H2,1-3H3. The summed E-state index contributed by atoms with van der Waals surface area (Å²) in [6.45, 7) is 6.77. The zero-order valence-electron chi connectivity index (χ0n) is 8.31. The van der Waals surface area contributed by atoms with Crippen molar-refractivity contribution in [1.29, 1.82) is 0 Å². The van der Waals surface area contributed by atoms with Crippen molar-refractivity contribution in [2.45, 2.75) is 46.5 Å². The molecule has 0 spiro atoms. The van der Waals surface area contributed by atoms with Crippen LogP contribution >= 0.6 is 0 Å². The Balaban J connectivity index is 2.25. The Morgan fingerprint density at radius 1 is 1.33 bits per heavy atom. The Hall–Kier alpha value is -0.330. The predicted molar refractivity (Wildman–Crippen MR) is 48.9 cm³/mol. The maximum absolute atomic E-state index is 11.7. The molecule has 0 heterocycles. The van der Waals surface area contributed by atoms with Gasteiger partial charge >= 0.3 is 0 Å². The van der Waals surface area contributed by atoms with Crippen LogP contribution < -0.4 is 0 Å². The van der Waals surface area contributed by atoms with E-state index in [9.17, 15) is 4.79 Å². The van der Waals surface area contributed by atoms with E-state index in [2.05, 4.69) is 20.8 Å². The summed E-state index contributed by atoms with van der Waals surface area (Å²) in [5.41, 5.74) is 0.672. The first kappa shape index (κ1) is 8.28. The van der Waals surface area contributed by atoms with E-state index in [1.54, 1.807) is 0 Å². The molecule has 1 nitrogen and oxygen atoms in total. The van der Waals surface area contributed by atoms with Crippen LogP contribution in [-0.2, 0) is 4.79 Å². The lowest BCUT2D eigenvalue weighted by Gasteiger charge is -2.60. The fraction of sp³-hybridized carbons (Fsp3) is 0.909. The van der Waals surface area contributed by atoms with Gasteiger partial charge in [-0.15, -0.1) is 0 Å². The molecule has 1 heteroatoms. The van der Waals surface area contributed by atoms with Crippen LogP contribution in [0.5, 0.6) is 0 Å². The van der Waals surface area contributed by atoms with Gasteiger partial charge in [0.2, 0.25) is 0 Å². The Bertz CT molecular complexity index is 229. The molecule has 2 unspecified atom stereocenters. The number of fused-ring (bicyclic) bond motifs is 1. The Kier molecular flexibility index (Phi) is 1.47. The van der Waals surface area contributed by atoms with Gasteiger partial charge in [0.1, 0.15) is 5.78 Å². The maximum atomic E-state index is 11.7. The van der Waals surface area contributed by atoms with Crippen LogP contribution in [0.2, 0.25) is 0 Å². The molecule has 0 aromatic heterocycles. The van der Waals surface area contributed by atoms with Crippen molar-refractivity contribution in [1.82, 2.24) is 0 Å². The van der Waals surface area contributed by atoms with E-state index in [-0.39, 0.29) is 0 Å². The van der Waals surface area contributed by atoms with Crippen LogP contribution in [0.3, 0.4) is 0 Å². The van der Waals surface area contributed by atoms with Gasteiger partial charge in [0.15, 0.2) is 0 Å². The molecule has 0 saturated heterocycles. The van der Waals surface area contributed by atoms with Gasteiger partial charge in [0.05, 0.1) is 0 Å². The topological polar surface area (TPSA) is 17.1 Å². The van der Waals surface area contributed by atoms with Gasteiger partial charge in [-0.3, -0.25) is 4.79 Å². The molecule has 0 aliphatic heterocycles. The summed E-state index contributed by atoms with van der Waals surface area (Å²) in [6.07, 6.45) is 4.48. The zero-order chi connectivity index (χ0) is 8.98. The summed E-state index contributed by atoms with van der Waals surface area (Å²) in [7, 11) is 0. The lowest BCUT2D eigenvalue weighted by Crippen LogP contribution is -2.57. The third-order valence-electron chi connectivity index (χ3n) is 3.83. The van der Waals surface area contributed by atoms with Gasteiger partial charge < -0.3 is 0 Å². The number of carbonyl (C=O) groups excluding carboxylic acids is 1. The molecular weight excluding hydrogens is 148 g/mol. The first-order chi connectivity index (χ1) is 5.46. The highest BCUT2D eigenvalue weighted by atomic mass is 16.1. The number of carbonyl (C=O) groups is 1. The molecule has 2 saturated carbocycles. The minimum Gasteiger partial charge on any atom is -0.299 e. The van der Waals surface area contributed by atoms with Crippen molar-refractivity contribution >= 4 is 5.78 Å². The smallest absolute Gasteiger partial charge is 0.137 e. The number of ketones is 1. The van der Waals surface area contributed by atoms with E-state index in [0.29, 0.717) is 22.5 Å².